The molecule has 72 valence electrons. The van der Waals surface area contributed by atoms with Crippen LogP contribution in [0.25, 0.3) is 0 Å². The van der Waals surface area contributed by atoms with Crippen molar-refractivity contribution < 1.29 is 0 Å². The number of hydrogen-bond donors (Lipinski definition) is 0. The minimum absolute atomic E-state index is 0.431. The molecule has 0 aliphatic heterocycles. The van der Waals surface area contributed by atoms with E-state index in [9.17, 15) is 0 Å². The van der Waals surface area contributed by atoms with Crippen LogP contribution >= 0.6 is 0 Å². The maximum Gasteiger partial charge on any atom is 0.159 e. The van der Waals surface area contributed by atoms with E-state index in [0.29, 0.717) is 5.41 Å². The van der Waals surface area contributed by atoms with Crippen molar-refractivity contribution in [3.05, 3.63) is 23.7 Å². The highest BCUT2D eigenvalue weighted by molar-refractivity contribution is 6.48. The van der Waals surface area contributed by atoms with E-state index in [1.165, 1.54) is 25.6 Å². The van der Waals surface area contributed by atoms with Crippen molar-refractivity contribution >= 4 is 7.28 Å². The van der Waals surface area contributed by atoms with E-state index in [4.69, 9.17) is 0 Å². The molecule has 0 saturated heterocycles. The fourth-order valence-electron chi connectivity index (χ4n) is 1.69. The van der Waals surface area contributed by atoms with Crippen LogP contribution in [0.2, 0.25) is 5.82 Å². The van der Waals surface area contributed by atoms with Gasteiger partial charge in [0.2, 0.25) is 0 Å². The Balaban J connectivity index is 2.55. The minimum Gasteiger partial charge on any atom is -0.0896 e. The van der Waals surface area contributed by atoms with Gasteiger partial charge in [-0.15, -0.1) is 0 Å². The Morgan fingerprint density at radius 3 is 2.62 bits per heavy atom. The molecule has 1 atom stereocenters. The van der Waals surface area contributed by atoms with Crippen LogP contribution in [0.5, 0.6) is 0 Å². The number of allylic oxidation sites excluding steroid dienone is 4. The van der Waals surface area contributed by atoms with Crippen LogP contribution in [0, 0.1) is 5.41 Å². The number of hydrogen-bond acceptors (Lipinski definition) is 0. The van der Waals surface area contributed by atoms with Gasteiger partial charge in [0.25, 0.3) is 0 Å². The Labute approximate surface area is 83.4 Å². The van der Waals surface area contributed by atoms with E-state index >= 15 is 0 Å². The maximum absolute atomic E-state index is 2.42. The van der Waals surface area contributed by atoms with E-state index < -0.39 is 0 Å². The van der Waals surface area contributed by atoms with Gasteiger partial charge in [0.05, 0.1) is 0 Å². The second kappa shape index (κ2) is 4.17. The lowest BCUT2D eigenvalue weighted by molar-refractivity contribution is 0.413. The van der Waals surface area contributed by atoms with Crippen LogP contribution in [0.4, 0.5) is 0 Å². The fraction of sp³-hybridized carbons (Fsp3) is 0.667. The summed E-state index contributed by atoms with van der Waals surface area (Å²) in [6.07, 6.45) is 9.61. The standard InChI is InChI=1S/C12H21B/c1-5-12(4)8-6-11(7-9-12)13-10(2)3/h6-8,10,13H,5,9H2,1-4H3. The molecule has 1 unspecified atom stereocenters. The first-order chi connectivity index (χ1) is 6.06. The Hall–Kier alpha value is -0.455. The van der Waals surface area contributed by atoms with Crippen LogP contribution in [0.15, 0.2) is 23.7 Å². The third-order valence-corrected chi connectivity index (χ3v) is 2.98. The molecule has 0 radical (unpaired) electrons. The first kappa shape index (κ1) is 10.6. The van der Waals surface area contributed by atoms with Gasteiger partial charge < -0.3 is 0 Å². The van der Waals surface area contributed by atoms with Crippen LogP contribution in [0.3, 0.4) is 0 Å². The average molecular weight is 176 g/mol. The summed E-state index contributed by atoms with van der Waals surface area (Å²) in [4.78, 5) is 0. The molecule has 0 heterocycles. The highest BCUT2D eigenvalue weighted by atomic mass is 14.2. The predicted molar refractivity (Wildman–Crippen MR) is 62.5 cm³/mol. The summed E-state index contributed by atoms with van der Waals surface area (Å²) in [5, 5.41) is 0. The van der Waals surface area contributed by atoms with Crippen LogP contribution in [-0.2, 0) is 0 Å². The van der Waals surface area contributed by atoms with Crippen molar-refractivity contribution in [3.8, 4) is 0 Å². The minimum atomic E-state index is 0.431. The molecule has 0 amide bonds. The second-order valence-corrected chi connectivity index (χ2v) is 4.92. The van der Waals surface area contributed by atoms with Crippen LogP contribution < -0.4 is 0 Å². The zero-order valence-corrected chi connectivity index (χ0v) is 9.43. The predicted octanol–water partition coefficient (Wildman–Crippen LogP) is 3.51. The summed E-state index contributed by atoms with van der Waals surface area (Å²) in [5.74, 6) is 0.780. The van der Waals surface area contributed by atoms with Crippen molar-refractivity contribution in [3.63, 3.8) is 0 Å². The molecule has 0 aromatic rings. The molecule has 0 aromatic carbocycles. The highest BCUT2D eigenvalue weighted by Gasteiger charge is 2.20. The Morgan fingerprint density at radius 1 is 1.54 bits per heavy atom. The molecule has 1 rings (SSSR count). The van der Waals surface area contributed by atoms with Gasteiger partial charge >= 0.3 is 0 Å². The molecule has 0 saturated carbocycles. The molecule has 0 nitrogen and oxygen atoms in total. The Morgan fingerprint density at radius 2 is 2.23 bits per heavy atom. The van der Waals surface area contributed by atoms with Crippen LogP contribution in [0.1, 0.15) is 40.5 Å². The number of rotatable bonds is 3. The second-order valence-electron chi connectivity index (χ2n) is 4.92. The van der Waals surface area contributed by atoms with Gasteiger partial charge in [-0.3, -0.25) is 0 Å². The SMILES string of the molecule is CCC1(C)C=CC(BC(C)C)=CC1. The lowest BCUT2D eigenvalue weighted by Crippen LogP contribution is -2.15. The summed E-state index contributed by atoms with van der Waals surface area (Å²) in [6, 6.07) is 0. The molecule has 0 aromatic heterocycles. The summed E-state index contributed by atoms with van der Waals surface area (Å²) < 4.78 is 0. The lowest BCUT2D eigenvalue weighted by atomic mass is 9.58. The summed E-state index contributed by atoms with van der Waals surface area (Å²) in [7, 11) is 1.23. The van der Waals surface area contributed by atoms with Crippen molar-refractivity contribution in [2.75, 3.05) is 0 Å². The monoisotopic (exact) mass is 176 g/mol. The topological polar surface area (TPSA) is 0 Å². The molecule has 1 aliphatic carbocycles. The molecule has 1 aliphatic rings. The summed E-state index contributed by atoms with van der Waals surface area (Å²) in [6.45, 7) is 9.17. The molecular weight excluding hydrogens is 155 g/mol. The van der Waals surface area contributed by atoms with E-state index in [1.807, 2.05) is 0 Å². The lowest BCUT2D eigenvalue weighted by Gasteiger charge is -2.26. The summed E-state index contributed by atoms with van der Waals surface area (Å²) >= 11 is 0. The molecule has 0 N–H and O–H groups in total. The van der Waals surface area contributed by atoms with E-state index in [2.05, 4.69) is 45.9 Å². The van der Waals surface area contributed by atoms with E-state index in [1.54, 1.807) is 0 Å². The Bertz CT molecular complexity index is 225. The first-order valence-corrected chi connectivity index (χ1v) is 5.44. The first-order valence-electron chi connectivity index (χ1n) is 5.44. The maximum atomic E-state index is 2.42. The van der Waals surface area contributed by atoms with Gasteiger partial charge in [-0.25, -0.2) is 0 Å². The van der Waals surface area contributed by atoms with E-state index in [-0.39, 0.29) is 0 Å². The fourth-order valence-corrected chi connectivity index (χ4v) is 1.69. The molecule has 0 bridgehead atoms. The van der Waals surface area contributed by atoms with Gasteiger partial charge in [-0.05, 0) is 18.3 Å². The van der Waals surface area contributed by atoms with Gasteiger partial charge in [-0.2, -0.15) is 0 Å². The average Bonchev–Trinajstić information content (AvgIpc) is 2.09. The zero-order chi connectivity index (χ0) is 9.90. The van der Waals surface area contributed by atoms with Gasteiger partial charge in [0.15, 0.2) is 7.28 Å². The van der Waals surface area contributed by atoms with Crippen molar-refractivity contribution in [1.82, 2.24) is 0 Å². The molecule has 13 heavy (non-hydrogen) atoms. The molecular formula is C12H21B. The molecule has 0 spiro atoms. The molecule has 0 fully saturated rings. The quantitative estimate of drug-likeness (QED) is 0.577. The normalized spacial score (nSPS) is 27.6. The largest absolute Gasteiger partial charge is 0.159 e. The van der Waals surface area contributed by atoms with Crippen molar-refractivity contribution in [2.45, 2.75) is 46.4 Å². The van der Waals surface area contributed by atoms with Gasteiger partial charge in [-0.1, -0.05) is 57.2 Å². The third kappa shape index (κ3) is 3.06. The third-order valence-electron chi connectivity index (χ3n) is 2.98. The smallest absolute Gasteiger partial charge is 0.0896 e. The van der Waals surface area contributed by atoms with Gasteiger partial charge in [0.1, 0.15) is 0 Å². The van der Waals surface area contributed by atoms with Gasteiger partial charge in [0, 0.05) is 0 Å². The highest BCUT2D eigenvalue weighted by Crippen LogP contribution is 2.32. The van der Waals surface area contributed by atoms with Crippen molar-refractivity contribution in [2.24, 2.45) is 5.41 Å². The molecule has 1 heteroatoms. The zero-order valence-electron chi connectivity index (χ0n) is 9.43. The Kier molecular flexibility index (Phi) is 3.41. The summed E-state index contributed by atoms with van der Waals surface area (Å²) in [5.41, 5.74) is 1.96. The van der Waals surface area contributed by atoms with Crippen molar-refractivity contribution in [1.29, 1.82) is 0 Å². The van der Waals surface area contributed by atoms with Crippen LogP contribution in [-0.4, -0.2) is 7.28 Å². The van der Waals surface area contributed by atoms with E-state index in [0.717, 1.165) is 5.82 Å².